The summed E-state index contributed by atoms with van der Waals surface area (Å²) in [4.78, 5) is 14.2. The van der Waals surface area contributed by atoms with Crippen LogP contribution in [0.4, 0.5) is 17.6 Å². The Labute approximate surface area is 183 Å². The summed E-state index contributed by atoms with van der Waals surface area (Å²) in [5.41, 5.74) is 1.17. The molecule has 0 unspecified atom stereocenters. The van der Waals surface area contributed by atoms with E-state index in [0.29, 0.717) is 23.6 Å². The number of aromatic nitrogens is 2. The van der Waals surface area contributed by atoms with Crippen LogP contribution < -0.4 is 20.4 Å². The molecule has 2 fully saturated rings. The van der Waals surface area contributed by atoms with Gasteiger partial charge in [-0.3, -0.25) is 0 Å². The Balaban J connectivity index is 1.51. The van der Waals surface area contributed by atoms with Crippen LogP contribution in [0.15, 0.2) is 36.4 Å². The standard InChI is InChI=1S/C22H30N6OS/c1-17-7-5-6-10-28(17)20-15-19(27-11-13-29-14-12-27)24-21(25-20)26-22(30)23-16-18-8-3-2-4-9-18/h2-4,8-9,15,17H,5-7,10-14,16H2,1H3,(H2,23,24,25,26,30)/t17-/m1/s1. The largest absolute Gasteiger partial charge is 0.378 e. The Morgan fingerprint density at radius 1 is 1.10 bits per heavy atom. The maximum Gasteiger partial charge on any atom is 0.232 e. The molecule has 2 aromatic rings. The minimum atomic E-state index is 0.474. The van der Waals surface area contributed by atoms with Crippen molar-refractivity contribution in [3.05, 3.63) is 42.0 Å². The van der Waals surface area contributed by atoms with Crippen LogP contribution in [-0.4, -0.2) is 54.0 Å². The lowest BCUT2D eigenvalue weighted by Gasteiger charge is -2.35. The Morgan fingerprint density at radius 3 is 2.63 bits per heavy atom. The van der Waals surface area contributed by atoms with E-state index in [1.807, 2.05) is 18.2 Å². The second kappa shape index (κ2) is 10.0. The van der Waals surface area contributed by atoms with Crippen molar-refractivity contribution < 1.29 is 4.74 Å². The van der Waals surface area contributed by atoms with Crippen LogP contribution in [0.25, 0.3) is 0 Å². The van der Waals surface area contributed by atoms with Gasteiger partial charge in [-0.15, -0.1) is 0 Å². The molecule has 30 heavy (non-hydrogen) atoms. The third kappa shape index (κ3) is 5.37. The minimum Gasteiger partial charge on any atom is -0.378 e. The number of hydrogen-bond acceptors (Lipinski definition) is 6. The second-order valence-electron chi connectivity index (χ2n) is 7.84. The molecule has 2 saturated heterocycles. The molecule has 160 valence electrons. The Kier molecular flexibility index (Phi) is 6.96. The van der Waals surface area contributed by atoms with E-state index in [1.54, 1.807) is 0 Å². The van der Waals surface area contributed by atoms with Gasteiger partial charge >= 0.3 is 0 Å². The summed E-state index contributed by atoms with van der Waals surface area (Å²) in [6, 6.07) is 12.8. The molecule has 1 aromatic carbocycles. The maximum absolute atomic E-state index is 5.51. The summed E-state index contributed by atoms with van der Waals surface area (Å²) >= 11 is 5.51. The summed E-state index contributed by atoms with van der Waals surface area (Å²) in [6.07, 6.45) is 3.66. The van der Waals surface area contributed by atoms with E-state index >= 15 is 0 Å². The number of piperidine rings is 1. The van der Waals surface area contributed by atoms with E-state index < -0.39 is 0 Å². The Hall–Kier alpha value is -2.45. The van der Waals surface area contributed by atoms with Gasteiger partial charge in [0.1, 0.15) is 11.6 Å². The highest BCUT2D eigenvalue weighted by Gasteiger charge is 2.23. The van der Waals surface area contributed by atoms with Gasteiger partial charge in [0.2, 0.25) is 5.95 Å². The van der Waals surface area contributed by atoms with Gasteiger partial charge in [-0.2, -0.15) is 9.97 Å². The highest BCUT2D eigenvalue weighted by atomic mass is 32.1. The highest BCUT2D eigenvalue weighted by molar-refractivity contribution is 7.80. The number of benzene rings is 1. The van der Waals surface area contributed by atoms with Gasteiger partial charge in [0.25, 0.3) is 0 Å². The molecule has 1 aromatic heterocycles. The summed E-state index contributed by atoms with van der Waals surface area (Å²) in [5.74, 6) is 2.43. The summed E-state index contributed by atoms with van der Waals surface area (Å²) < 4.78 is 5.51. The predicted molar refractivity (Wildman–Crippen MR) is 125 cm³/mol. The number of nitrogens with zero attached hydrogens (tertiary/aromatic N) is 4. The summed E-state index contributed by atoms with van der Waals surface area (Å²) in [5, 5.41) is 6.97. The SMILES string of the molecule is C[C@@H]1CCCCN1c1cc(N2CCOCC2)nc(NC(=S)NCc2ccccc2)n1. The molecule has 1 atom stereocenters. The minimum absolute atomic E-state index is 0.474. The smallest absolute Gasteiger partial charge is 0.232 e. The van der Waals surface area contributed by atoms with Crippen LogP contribution in [0.1, 0.15) is 31.7 Å². The van der Waals surface area contributed by atoms with Crippen molar-refractivity contribution >= 4 is 34.9 Å². The van der Waals surface area contributed by atoms with Gasteiger partial charge in [0.15, 0.2) is 5.11 Å². The summed E-state index contributed by atoms with van der Waals surface area (Å²) in [6.45, 7) is 7.07. The molecule has 2 aliphatic heterocycles. The first-order valence-electron chi connectivity index (χ1n) is 10.8. The van der Waals surface area contributed by atoms with Crippen molar-refractivity contribution in [1.82, 2.24) is 15.3 Å². The molecule has 0 amide bonds. The number of rotatable bonds is 5. The van der Waals surface area contributed by atoms with Gasteiger partial charge < -0.3 is 25.2 Å². The fourth-order valence-electron chi connectivity index (χ4n) is 3.94. The quantitative estimate of drug-likeness (QED) is 0.707. The van der Waals surface area contributed by atoms with E-state index in [2.05, 4.69) is 45.6 Å². The number of ether oxygens (including phenoxy) is 1. The predicted octanol–water partition coefficient (Wildman–Crippen LogP) is 3.18. The molecule has 0 radical (unpaired) electrons. The van der Waals surface area contributed by atoms with Gasteiger partial charge in [-0.05, 0) is 44.0 Å². The highest BCUT2D eigenvalue weighted by Crippen LogP contribution is 2.27. The number of anilines is 3. The molecule has 3 heterocycles. The van der Waals surface area contributed by atoms with E-state index in [4.69, 9.17) is 26.9 Å². The first-order chi connectivity index (χ1) is 14.7. The van der Waals surface area contributed by atoms with Crippen molar-refractivity contribution in [3.63, 3.8) is 0 Å². The molecular formula is C22H30N6OS. The molecule has 8 heteroatoms. The van der Waals surface area contributed by atoms with Crippen LogP contribution in [-0.2, 0) is 11.3 Å². The molecule has 2 aliphatic rings. The molecule has 0 spiro atoms. The third-order valence-electron chi connectivity index (χ3n) is 5.65. The van der Waals surface area contributed by atoms with E-state index in [1.165, 1.54) is 24.8 Å². The Morgan fingerprint density at radius 2 is 1.87 bits per heavy atom. The van der Waals surface area contributed by atoms with E-state index in [-0.39, 0.29) is 0 Å². The fraction of sp³-hybridized carbons (Fsp3) is 0.500. The molecule has 7 nitrogen and oxygen atoms in total. The van der Waals surface area contributed by atoms with Crippen molar-refractivity contribution in [2.75, 3.05) is 48.0 Å². The lowest BCUT2D eigenvalue weighted by molar-refractivity contribution is 0.122. The van der Waals surface area contributed by atoms with Crippen molar-refractivity contribution in [2.24, 2.45) is 0 Å². The van der Waals surface area contributed by atoms with Crippen LogP contribution in [0.2, 0.25) is 0 Å². The zero-order valence-electron chi connectivity index (χ0n) is 17.5. The molecule has 0 bridgehead atoms. The van der Waals surface area contributed by atoms with E-state index in [9.17, 15) is 0 Å². The second-order valence-corrected chi connectivity index (χ2v) is 8.25. The molecule has 4 rings (SSSR count). The van der Waals surface area contributed by atoms with Crippen molar-refractivity contribution in [3.8, 4) is 0 Å². The Bertz CT molecular complexity index is 843. The van der Waals surface area contributed by atoms with Crippen molar-refractivity contribution in [2.45, 2.75) is 38.8 Å². The normalized spacial score (nSPS) is 19.4. The average Bonchev–Trinajstić information content (AvgIpc) is 2.79. The zero-order valence-corrected chi connectivity index (χ0v) is 18.3. The summed E-state index contributed by atoms with van der Waals surface area (Å²) in [7, 11) is 0. The molecule has 2 N–H and O–H groups in total. The lowest BCUT2D eigenvalue weighted by Crippen LogP contribution is -2.40. The number of nitrogens with one attached hydrogen (secondary N) is 2. The van der Waals surface area contributed by atoms with Crippen LogP contribution in [0.5, 0.6) is 0 Å². The van der Waals surface area contributed by atoms with Crippen LogP contribution in [0.3, 0.4) is 0 Å². The molecule has 0 aliphatic carbocycles. The number of hydrogen-bond donors (Lipinski definition) is 2. The van der Waals surface area contributed by atoms with Crippen molar-refractivity contribution in [1.29, 1.82) is 0 Å². The van der Waals surface area contributed by atoms with E-state index in [0.717, 1.165) is 44.5 Å². The molecular weight excluding hydrogens is 396 g/mol. The van der Waals surface area contributed by atoms with Crippen LogP contribution in [0, 0.1) is 0 Å². The fourth-order valence-corrected chi connectivity index (χ4v) is 4.11. The van der Waals surface area contributed by atoms with Gasteiger partial charge in [-0.1, -0.05) is 30.3 Å². The third-order valence-corrected chi connectivity index (χ3v) is 5.90. The monoisotopic (exact) mass is 426 g/mol. The van der Waals surface area contributed by atoms with Gasteiger partial charge in [0.05, 0.1) is 13.2 Å². The topological polar surface area (TPSA) is 65.6 Å². The van der Waals surface area contributed by atoms with Crippen LogP contribution >= 0.6 is 12.2 Å². The van der Waals surface area contributed by atoms with Gasteiger partial charge in [0, 0.05) is 38.3 Å². The zero-order chi connectivity index (χ0) is 20.8. The number of morpholine rings is 1. The lowest BCUT2D eigenvalue weighted by atomic mass is 10.0. The molecule has 0 saturated carbocycles. The first-order valence-corrected chi connectivity index (χ1v) is 11.2. The first kappa shape index (κ1) is 20.8. The number of thiocarbonyl (C=S) groups is 1. The average molecular weight is 427 g/mol. The maximum atomic E-state index is 5.51. The van der Waals surface area contributed by atoms with Gasteiger partial charge in [-0.25, -0.2) is 0 Å².